The van der Waals surface area contributed by atoms with Crippen LogP contribution in [0.15, 0.2) is 24.3 Å². The number of aliphatic hydroxyl groups excluding tert-OH is 1. The van der Waals surface area contributed by atoms with Gasteiger partial charge < -0.3 is 20.5 Å². The minimum atomic E-state index is -0.573. The molecule has 0 aliphatic carbocycles. The van der Waals surface area contributed by atoms with Gasteiger partial charge in [-0.3, -0.25) is 14.5 Å². The van der Waals surface area contributed by atoms with E-state index >= 15 is 0 Å². The lowest BCUT2D eigenvalue weighted by Crippen LogP contribution is -2.56. The van der Waals surface area contributed by atoms with Gasteiger partial charge >= 0.3 is 5.97 Å². The Morgan fingerprint density at radius 2 is 1.83 bits per heavy atom. The molecule has 30 heavy (non-hydrogen) atoms. The van der Waals surface area contributed by atoms with Crippen LogP contribution in [0, 0.1) is 0 Å². The summed E-state index contributed by atoms with van der Waals surface area (Å²) >= 11 is 0. The van der Waals surface area contributed by atoms with Crippen LogP contribution < -0.4 is 10.6 Å². The number of esters is 1. The van der Waals surface area contributed by atoms with Gasteiger partial charge in [-0.15, -0.1) is 0 Å². The molecule has 0 saturated carbocycles. The van der Waals surface area contributed by atoms with Gasteiger partial charge in [-0.1, -0.05) is 6.42 Å². The number of carbonyl (C=O) groups is 3. The first-order chi connectivity index (χ1) is 14.4. The summed E-state index contributed by atoms with van der Waals surface area (Å²) in [5, 5.41) is 15.2. The molecule has 1 aliphatic heterocycles. The average molecular weight is 420 g/mol. The summed E-state index contributed by atoms with van der Waals surface area (Å²) in [6.45, 7) is 6.87. The van der Waals surface area contributed by atoms with E-state index in [9.17, 15) is 19.5 Å². The molecule has 1 aromatic carbocycles. The van der Waals surface area contributed by atoms with E-state index in [1.54, 1.807) is 6.92 Å². The first-order valence-corrected chi connectivity index (χ1v) is 10.6. The minimum Gasteiger partial charge on any atom is -0.462 e. The number of aliphatic hydroxyl groups is 1. The van der Waals surface area contributed by atoms with Crippen molar-refractivity contribution in [1.82, 2.24) is 15.5 Å². The van der Waals surface area contributed by atoms with E-state index in [4.69, 9.17) is 4.74 Å². The number of hydrogen-bond acceptors (Lipinski definition) is 6. The molecule has 1 aromatic rings. The molecule has 8 heteroatoms. The first-order valence-electron chi connectivity index (χ1n) is 10.6. The van der Waals surface area contributed by atoms with Crippen LogP contribution in [0.3, 0.4) is 0 Å². The molecule has 2 atom stereocenters. The Bertz CT molecular complexity index is 720. The lowest BCUT2D eigenvalue weighted by molar-refractivity contribution is -0.129. The van der Waals surface area contributed by atoms with Crippen LogP contribution >= 0.6 is 0 Å². The first kappa shape index (κ1) is 23.8. The van der Waals surface area contributed by atoms with E-state index in [1.807, 2.05) is 0 Å². The lowest BCUT2D eigenvalue weighted by atomic mass is 9.99. The number of nitrogens with zero attached hydrogens (tertiary/aromatic N) is 1. The van der Waals surface area contributed by atoms with E-state index in [-0.39, 0.29) is 43.7 Å². The van der Waals surface area contributed by atoms with Crippen LogP contribution in [0.1, 0.15) is 60.7 Å². The second kappa shape index (κ2) is 11.7. The van der Waals surface area contributed by atoms with Crippen LogP contribution in [-0.4, -0.2) is 72.2 Å². The van der Waals surface area contributed by atoms with Gasteiger partial charge in [0, 0.05) is 18.2 Å². The number of benzene rings is 1. The molecule has 2 unspecified atom stereocenters. The zero-order valence-electron chi connectivity index (χ0n) is 18.0. The summed E-state index contributed by atoms with van der Waals surface area (Å²) in [6.07, 6.45) is 2.88. The molecule has 1 heterocycles. The summed E-state index contributed by atoms with van der Waals surface area (Å²) < 4.78 is 4.92. The SMILES string of the molecule is CCOC(=O)c1ccc(C(=O)NCC(CO)NC(=O)C2CCCCN2C(C)C)cc1. The molecule has 8 nitrogen and oxygen atoms in total. The van der Waals surface area contributed by atoms with Crippen molar-refractivity contribution in [3.8, 4) is 0 Å². The molecule has 1 saturated heterocycles. The van der Waals surface area contributed by atoms with E-state index in [0.29, 0.717) is 11.1 Å². The molecule has 2 rings (SSSR count). The van der Waals surface area contributed by atoms with Gasteiger partial charge in [0.2, 0.25) is 5.91 Å². The van der Waals surface area contributed by atoms with Crippen molar-refractivity contribution in [1.29, 1.82) is 0 Å². The molecule has 0 bridgehead atoms. The molecule has 1 fully saturated rings. The van der Waals surface area contributed by atoms with Crippen molar-refractivity contribution in [3.63, 3.8) is 0 Å². The fourth-order valence-corrected chi connectivity index (χ4v) is 3.60. The van der Waals surface area contributed by atoms with Crippen LogP contribution in [0.2, 0.25) is 0 Å². The largest absolute Gasteiger partial charge is 0.462 e. The van der Waals surface area contributed by atoms with Crippen molar-refractivity contribution in [2.45, 2.75) is 58.2 Å². The van der Waals surface area contributed by atoms with Crippen molar-refractivity contribution >= 4 is 17.8 Å². The topological polar surface area (TPSA) is 108 Å². The van der Waals surface area contributed by atoms with Crippen molar-refractivity contribution in [2.24, 2.45) is 0 Å². The molecule has 1 aliphatic rings. The summed E-state index contributed by atoms with van der Waals surface area (Å²) in [4.78, 5) is 39.0. The van der Waals surface area contributed by atoms with Gasteiger partial charge in [0.05, 0.1) is 30.9 Å². The van der Waals surface area contributed by atoms with Crippen LogP contribution in [0.5, 0.6) is 0 Å². The second-order valence-electron chi connectivity index (χ2n) is 7.74. The average Bonchev–Trinajstić information content (AvgIpc) is 2.76. The zero-order valence-corrected chi connectivity index (χ0v) is 18.0. The van der Waals surface area contributed by atoms with E-state index in [0.717, 1.165) is 25.8 Å². The monoisotopic (exact) mass is 419 g/mol. The zero-order chi connectivity index (χ0) is 22.1. The molecule has 2 amide bonds. The number of nitrogens with one attached hydrogen (secondary N) is 2. The van der Waals surface area contributed by atoms with Gasteiger partial charge in [0.25, 0.3) is 5.91 Å². The molecule has 0 spiro atoms. The van der Waals surface area contributed by atoms with E-state index < -0.39 is 12.0 Å². The summed E-state index contributed by atoms with van der Waals surface area (Å²) in [5.74, 6) is -0.902. The Hall–Kier alpha value is -2.45. The summed E-state index contributed by atoms with van der Waals surface area (Å²) in [5.41, 5.74) is 0.750. The van der Waals surface area contributed by atoms with E-state index in [1.165, 1.54) is 24.3 Å². The summed E-state index contributed by atoms with van der Waals surface area (Å²) in [6, 6.07) is 5.62. The van der Waals surface area contributed by atoms with Crippen molar-refractivity contribution in [3.05, 3.63) is 35.4 Å². The van der Waals surface area contributed by atoms with Gasteiger partial charge in [0.15, 0.2) is 0 Å². The van der Waals surface area contributed by atoms with Gasteiger partial charge in [-0.2, -0.15) is 0 Å². The van der Waals surface area contributed by atoms with Gasteiger partial charge in [-0.05, 0) is 64.4 Å². The standard InChI is InChI=1S/C22H33N3O5/c1-4-30-22(29)17-10-8-16(9-11-17)20(27)23-13-18(14-26)24-21(28)19-7-5-6-12-25(19)15(2)3/h8-11,15,18-19,26H,4-7,12-14H2,1-3H3,(H,23,27)(H,24,28). The molecule has 0 radical (unpaired) electrons. The third-order valence-corrected chi connectivity index (χ3v) is 5.24. The highest BCUT2D eigenvalue weighted by molar-refractivity contribution is 5.96. The van der Waals surface area contributed by atoms with Crippen LogP contribution in [0.25, 0.3) is 0 Å². The second-order valence-corrected chi connectivity index (χ2v) is 7.74. The maximum Gasteiger partial charge on any atom is 0.338 e. The number of amides is 2. The van der Waals surface area contributed by atoms with E-state index in [2.05, 4.69) is 29.4 Å². The normalized spacial score (nSPS) is 18.0. The Morgan fingerprint density at radius 3 is 2.43 bits per heavy atom. The predicted octanol–water partition coefficient (Wildman–Crippen LogP) is 1.33. The van der Waals surface area contributed by atoms with Gasteiger partial charge in [-0.25, -0.2) is 4.79 Å². The highest BCUT2D eigenvalue weighted by Gasteiger charge is 2.31. The Balaban J connectivity index is 1.89. The molecule has 166 valence electrons. The van der Waals surface area contributed by atoms with Crippen molar-refractivity contribution in [2.75, 3.05) is 26.3 Å². The third kappa shape index (κ3) is 6.53. The van der Waals surface area contributed by atoms with Crippen molar-refractivity contribution < 1.29 is 24.2 Å². The maximum atomic E-state index is 12.7. The molecule has 3 N–H and O–H groups in total. The fourth-order valence-electron chi connectivity index (χ4n) is 3.60. The number of rotatable bonds is 9. The Morgan fingerprint density at radius 1 is 1.17 bits per heavy atom. The number of ether oxygens (including phenoxy) is 1. The number of likely N-dealkylation sites (tertiary alicyclic amines) is 1. The summed E-state index contributed by atoms with van der Waals surface area (Å²) in [7, 11) is 0. The number of hydrogen-bond donors (Lipinski definition) is 3. The maximum absolute atomic E-state index is 12.7. The van der Waals surface area contributed by atoms with Gasteiger partial charge in [0.1, 0.15) is 0 Å². The number of piperidine rings is 1. The lowest BCUT2D eigenvalue weighted by Gasteiger charge is -2.38. The highest BCUT2D eigenvalue weighted by atomic mass is 16.5. The predicted molar refractivity (Wildman–Crippen MR) is 113 cm³/mol. The molecule has 0 aromatic heterocycles. The quantitative estimate of drug-likeness (QED) is 0.521. The smallest absolute Gasteiger partial charge is 0.338 e. The number of carbonyl (C=O) groups excluding carboxylic acids is 3. The third-order valence-electron chi connectivity index (χ3n) is 5.24. The fraction of sp³-hybridized carbons (Fsp3) is 0.591. The van der Waals surface area contributed by atoms with Crippen LogP contribution in [-0.2, 0) is 9.53 Å². The Kier molecular flexibility index (Phi) is 9.26. The minimum absolute atomic E-state index is 0.106. The molecular formula is C22H33N3O5. The Labute approximate surface area is 178 Å². The highest BCUT2D eigenvalue weighted by Crippen LogP contribution is 2.19. The molecular weight excluding hydrogens is 386 g/mol. The van der Waals surface area contributed by atoms with Crippen LogP contribution in [0.4, 0.5) is 0 Å².